The van der Waals surface area contributed by atoms with Gasteiger partial charge in [0.25, 0.3) is 5.91 Å². The molecule has 5 nitrogen and oxygen atoms in total. The maximum atomic E-state index is 12.2. The van der Waals surface area contributed by atoms with E-state index in [0.29, 0.717) is 23.2 Å². The highest BCUT2D eigenvalue weighted by Crippen LogP contribution is 2.18. The van der Waals surface area contributed by atoms with Crippen LogP contribution in [-0.2, 0) is 6.54 Å². The Labute approximate surface area is 140 Å². The molecule has 1 fully saturated rings. The third-order valence-corrected chi connectivity index (χ3v) is 4.34. The second-order valence-electron chi connectivity index (χ2n) is 5.67. The number of aromatic nitrogens is 2. The molecule has 0 bridgehead atoms. The van der Waals surface area contributed by atoms with Crippen molar-refractivity contribution in [3.8, 4) is 0 Å². The maximum absolute atomic E-state index is 12.2. The number of carbonyl (C=O) groups is 1. The van der Waals surface area contributed by atoms with Crippen LogP contribution in [0.4, 0.5) is 5.95 Å². The molecule has 1 aromatic heterocycles. The first kappa shape index (κ1) is 15.7. The van der Waals surface area contributed by atoms with Crippen LogP contribution in [0.25, 0.3) is 0 Å². The van der Waals surface area contributed by atoms with E-state index in [4.69, 9.17) is 11.6 Å². The van der Waals surface area contributed by atoms with Crippen LogP contribution in [0.1, 0.15) is 41.7 Å². The van der Waals surface area contributed by atoms with Gasteiger partial charge < -0.3 is 10.6 Å². The summed E-state index contributed by atoms with van der Waals surface area (Å²) in [7, 11) is 0. The first-order chi connectivity index (χ1) is 11.2. The van der Waals surface area contributed by atoms with Crippen LogP contribution in [-0.4, -0.2) is 21.9 Å². The highest BCUT2D eigenvalue weighted by Gasteiger charge is 2.18. The molecule has 1 aliphatic rings. The van der Waals surface area contributed by atoms with Gasteiger partial charge in [-0.1, -0.05) is 42.6 Å². The Morgan fingerprint density at radius 3 is 2.78 bits per heavy atom. The van der Waals surface area contributed by atoms with Gasteiger partial charge in [0.05, 0.1) is 0 Å². The van der Waals surface area contributed by atoms with Crippen molar-refractivity contribution in [2.45, 2.75) is 38.3 Å². The molecular weight excluding hydrogens is 312 g/mol. The fourth-order valence-corrected chi connectivity index (χ4v) is 2.92. The summed E-state index contributed by atoms with van der Waals surface area (Å²) in [6.07, 6.45) is 6.05. The van der Waals surface area contributed by atoms with Gasteiger partial charge in [0.1, 0.15) is 5.69 Å². The second kappa shape index (κ2) is 7.42. The molecule has 1 saturated carbocycles. The molecule has 0 aliphatic heterocycles. The molecular formula is C17H19ClN4O. The Balaban J connectivity index is 1.62. The van der Waals surface area contributed by atoms with Crippen molar-refractivity contribution in [2.24, 2.45) is 0 Å². The lowest BCUT2D eigenvalue weighted by Crippen LogP contribution is -2.33. The smallest absolute Gasteiger partial charge is 0.270 e. The van der Waals surface area contributed by atoms with E-state index in [1.807, 2.05) is 24.3 Å². The van der Waals surface area contributed by atoms with E-state index in [-0.39, 0.29) is 11.9 Å². The molecule has 0 spiro atoms. The van der Waals surface area contributed by atoms with Gasteiger partial charge in [0.2, 0.25) is 5.95 Å². The summed E-state index contributed by atoms with van der Waals surface area (Å²) in [6.45, 7) is 0.507. The molecule has 0 radical (unpaired) electrons. The Bertz CT molecular complexity index is 686. The van der Waals surface area contributed by atoms with Gasteiger partial charge in [0.15, 0.2) is 0 Å². The summed E-state index contributed by atoms with van der Waals surface area (Å²) in [5, 5.41) is 6.82. The van der Waals surface area contributed by atoms with Gasteiger partial charge in [0, 0.05) is 23.8 Å². The summed E-state index contributed by atoms with van der Waals surface area (Å²) >= 11 is 6.12. The summed E-state index contributed by atoms with van der Waals surface area (Å²) in [4.78, 5) is 20.7. The van der Waals surface area contributed by atoms with E-state index in [9.17, 15) is 4.79 Å². The predicted octanol–water partition coefficient (Wildman–Crippen LogP) is 3.41. The fraction of sp³-hybridized carbons (Fsp3) is 0.353. The minimum absolute atomic E-state index is 0.139. The van der Waals surface area contributed by atoms with Crippen molar-refractivity contribution in [2.75, 3.05) is 5.32 Å². The number of halogens is 1. The molecule has 120 valence electrons. The zero-order valence-corrected chi connectivity index (χ0v) is 13.5. The normalized spacial score (nSPS) is 14.7. The number of hydrogen-bond acceptors (Lipinski definition) is 4. The summed E-state index contributed by atoms with van der Waals surface area (Å²) in [5.74, 6) is 0.282. The highest BCUT2D eigenvalue weighted by atomic mass is 35.5. The quantitative estimate of drug-likeness (QED) is 0.881. The topological polar surface area (TPSA) is 66.9 Å². The van der Waals surface area contributed by atoms with Crippen LogP contribution in [0.3, 0.4) is 0 Å². The van der Waals surface area contributed by atoms with Gasteiger partial charge in [-0.05, 0) is 30.5 Å². The maximum Gasteiger partial charge on any atom is 0.270 e. The number of rotatable bonds is 5. The van der Waals surface area contributed by atoms with Crippen LogP contribution in [0, 0.1) is 0 Å². The number of benzene rings is 1. The molecule has 0 unspecified atom stereocenters. The Kier molecular flexibility index (Phi) is 5.08. The number of nitrogens with one attached hydrogen (secondary N) is 2. The van der Waals surface area contributed by atoms with Crippen LogP contribution < -0.4 is 10.6 Å². The van der Waals surface area contributed by atoms with Crippen molar-refractivity contribution in [1.29, 1.82) is 0 Å². The molecule has 3 rings (SSSR count). The van der Waals surface area contributed by atoms with Crippen LogP contribution in [0.2, 0.25) is 5.02 Å². The lowest BCUT2D eigenvalue weighted by molar-refractivity contribution is 0.0933. The standard InChI is InChI=1S/C17H19ClN4O/c18-14-8-4-1-5-12(14)11-20-17-19-10-9-15(22-17)16(23)21-13-6-2-3-7-13/h1,4-5,8-10,13H,2-3,6-7,11H2,(H,21,23)(H,19,20,22). The Morgan fingerprint density at radius 1 is 1.22 bits per heavy atom. The largest absolute Gasteiger partial charge is 0.350 e. The molecule has 2 N–H and O–H groups in total. The highest BCUT2D eigenvalue weighted by molar-refractivity contribution is 6.31. The van der Waals surface area contributed by atoms with Crippen LogP contribution >= 0.6 is 11.6 Å². The number of nitrogens with zero attached hydrogens (tertiary/aromatic N) is 2. The summed E-state index contributed by atoms with van der Waals surface area (Å²) in [5.41, 5.74) is 1.34. The monoisotopic (exact) mass is 330 g/mol. The minimum atomic E-state index is -0.139. The molecule has 6 heteroatoms. The molecule has 2 aromatic rings. The average molecular weight is 331 g/mol. The Hall–Kier alpha value is -2.14. The summed E-state index contributed by atoms with van der Waals surface area (Å²) in [6, 6.07) is 9.49. The SMILES string of the molecule is O=C(NC1CCCC1)c1ccnc(NCc2ccccc2Cl)n1. The van der Waals surface area contributed by atoms with E-state index in [0.717, 1.165) is 18.4 Å². The van der Waals surface area contributed by atoms with E-state index >= 15 is 0 Å². The zero-order chi connectivity index (χ0) is 16.1. The van der Waals surface area contributed by atoms with E-state index in [1.165, 1.54) is 12.8 Å². The van der Waals surface area contributed by atoms with E-state index < -0.39 is 0 Å². The number of anilines is 1. The molecule has 1 aromatic carbocycles. The minimum Gasteiger partial charge on any atom is -0.350 e. The van der Waals surface area contributed by atoms with Gasteiger partial charge in [-0.2, -0.15) is 0 Å². The van der Waals surface area contributed by atoms with Crippen LogP contribution in [0.15, 0.2) is 36.5 Å². The number of carbonyl (C=O) groups excluding carboxylic acids is 1. The predicted molar refractivity (Wildman–Crippen MR) is 90.5 cm³/mol. The van der Waals surface area contributed by atoms with E-state index in [2.05, 4.69) is 20.6 Å². The first-order valence-corrected chi connectivity index (χ1v) is 8.21. The van der Waals surface area contributed by atoms with Crippen molar-refractivity contribution in [3.05, 3.63) is 52.8 Å². The lowest BCUT2D eigenvalue weighted by Gasteiger charge is -2.12. The Morgan fingerprint density at radius 2 is 2.00 bits per heavy atom. The van der Waals surface area contributed by atoms with Crippen LogP contribution in [0.5, 0.6) is 0 Å². The first-order valence-electron chi connectivity index (χ1n) is 7.83. The molecule has 1 heterocycles. The third-order valence-electron chi connectivity index (χ3n) is 3.97. The molecule has 1 amide bonds. The third kappa shape index (κ3) is 4.20. The molecule has 0 atom stereocenters. The van der Waals surface area contributed by atoms with Gasteiger partial charge in [-0.25, -0.2) is 9.97 Å². The molecule has 1 aliphatic carbocycles. The second-order valence-corrected chi connectivity index (χ2v) is 6.07. The fourth-order valence-electron chi connectivity index (χ4n) is 2.72. The van der Waals surface area contributed by atoms with Gasteiger partial charge in [-0.3, -0.25) is 4.79 Å². The van der Waals surface area contributed by atoms with Gasteiger partial charge >= 0.3 is 0 Å². The lowest BCUT2D eigenvalue weighted by atomic mass is 10.2. The van der Waals surface area contributed by atoms with Crippen molar-refractivity contribution < 1.29 is 4.79 Å². The van der Waals surface area contributed by atoms with Crippen molar-refractivity contribution in [1.82, 2.24) is 15.3 Å². The number of amides is 1. The molecule has 0 saturated heterocycles. The number of hydrogen-bond donors (Lipinski definition) is 2. The molecule has 23 heavy (non-hydrogen) atoms. The average Bonchev–Trinajstić information content (AvgIpc) is 3.07. The van der Waals surface area contributed by atoms with Crippen molar-refractivity contribution in [3.63, 3.8) is 0 Å². The van der Waals surface area contributed by atoms with Crippen molar-refractivity contribution >= 4 is 23.5 Å². The van der Waals surface area contributed by atoms with E-state index in [1.54, 1.807) is 12.3 Å². The summed E-state index contributed by atoms with van der Waals surface area (Å²) < 4.78 is 0. The zero-order valence-electron chi connectivity index (χ0n) is 12.8. The van der Waals surface area contributed by atoms with Gasteiger partial charge in [-0.15, -0.1) is 0 Å².